The fourth-order valence-electron chi connectivity index (χ4n) is 2.93. The molecule has 1 amide bonds. The average Bonchev–Trinajstić information content (AvgIpc) is 3.16. The number of fused-ring (bicyclic) bond motifs is 1. The number of halogens is 1. The molecule has 4 rings (SSSR count). The van der Waals surface area contributed by atoms with Crippen molar-refractivity contribution in [3.8, 4) is 0 Å². The predicted octanol–water partition coefficient (Wildman–Crippen LogP) is 5.84. The molecule has 0 fully saturated rings. The van der Waals surface area contributed by atoms with Gasteiger partial charge in [-0.2, -0.15) is 0 Å². The summed E-state index contributed by atoms with van der Waals surface area (Å²) in [7, 11) is 0. The van der Waals surface area contributed by atoms with Crippen LogP contribution in [-0.4, -0.2) is 22.1 Å². The number of hydrogen-bond donors (Lipinski definition) is 0. The second kappa shape index (κ2) is 8.95. The highest BCUT2D eigenvalue weighted by molar-refractivity contribution is 7.98. The molecule has 0 aliphatic rings. The van der Waals surface area contributed by atoms with Gasteiger partial charge in [0.25, 0.3) is 0 Å². The lowest BCUT2D eigenvalue weighted by atomic mass is 10.1. The van der Waals surface area contributed by atoms with E-state index in [2.05, 4.69) is 9.97 Å². The quantitative estimate of drug-likeness (QED) is 0.354. The van der Waals surface area contributed by atoms with Crippen molar-refractivity contribution in [2.45, 2.75) is 17.9 Å². The van der Waals surface area contributed by atoms with E-state index < -0.39 is 0 Å². The maximum Gasteiger partial charge on any atom is 0.233 e. The molecule has 0 spiro atoms. The standard InChI is InChI=1S/C22H18ClN3OS2/c1-28-18-8-5-15(6-9-18)12-21(27)26(14-17-4-2-3-11-24-17)22-25-19-10-7-16(23)13-20(19)29-22/h2-11,13H,12,14H2,1H3. The summed E-state index contributed by atoms with van der Waals surface area (Å²) in [5.41, 5.74) is 2.62. The van der Waals surface area contributed by atoms with Crippen molar-refractivity contribution >= 4 is 56.0 Å². The van der Waals surface area contributed by atoms with E-state index in [1.54, 1.807) is 22.9 Å². The summed E-state index contributed by atoms with van der Waals surface area (Å²) < 4.78 is 0.954. The van der Waals surface area contributed by atoms with Crippen LogP contribution < -0.4 is 4.90 Å². The van der Waals surface area contributed by atoms with Crippen molar-refractivity contribution in [2.75, 3.05) is 11.2 Å². The lowest BCUT2D eigenvalue weighted by Crippen LogP contribution is -2.32. The molecule has 29 heavy (non-hydrogen) atoms. The maximum atomic E-state index is 13.2. The fraction of sp³-hybridized carbons (Fsp3) is 0.136. The fourth-order valence-corrected chi connectivity index (χ4v) is 4.60. The Bertz CT molecular complexity index is 1130. The number of thiazole rings is 1. The van der Waals surface area contributed by atoms with E-state index in [4.69, 9.17) is 11.6 Å². The molecular weight excluding hydrogens is 422 g/mol. The number of amides is 1. The molecule has 0 radical (unpaired) electrons. The van der Waals surface area contributed by atoms with Gasteiger partial charge in [-0.25, -0.2) is 4.98 Å². The van der Waals surface area contributed by atoms with Gasteiger partial charge < -0.3 is 0 Å². The molecule has 0 aliphatic heterocycles. The molecule has 2 aromatic heterocycles. The number of benzene rings is 2. The topological polar surface area (TPSA) is 46.1 Å². The van der Waals surface area contributed by atoms with Crippen LogP contribution >= 0.6 is 34.7 Å². The minimum atomic E-state index is -0.0160. The molecule has 0 aliphatic carbocycles. The van der Waals surface area contributed by atoms with E-state index in [0.29, 0.717) is 23.1 Å². The molecular formula is C22H18ClN3OS2. The van der Waals surface area contributed by atoms with Crippen LogP contribution in [0.25, 0.3) is 10.2 Å². The molecule has 4 aromatic rings. The third-order valence-electron chi connectivity index (χ3n) is 4.43. The second-order valence-corrected chi connectivity index (χ2v) is 8.76. The third kappa shape index (κ3) is 4.78. The van der Waals surface area contributed by atoms with Crippen molar-refractivity contribution in [3.05, 3.63) is 83.1 Å². The van der Waals surface area contributed by atoms with Crippen LogP contribution in [0, 0.1) is 0 Å². The summed E-state index contributed by atoms with van der Waals surface area (Å²) in [4.78, 5) is 25.2. The summed E-state index contributed by atoms with van der Waals surface area (Å²) in [5.74, 6) is -0.0160. The molecule has 0 unspecified atom stereocenters. The lowest BCUT2D eigenvalue weighted by molar-refractivity contribution is -0.118. The van der Waals surface area contributed by atoms with Gasteiger partial charge in [0, 0.05) is 16.1 Å². The van der Waals surface area contributed by atoms with Crippen molar-refractivity contribution in [1.29, 1.82) is 0 Å². The molecule has 2 heterocycles. The number of rotatable bonds is 6. The minimum absolute atomic E-state index is 0.0160. The van der Waals surface area contributed by atoms with Gasteiger partial charge in [-0.1, -0.05) is 41.1 Å². The number of thioether (sulfide) groups is 1. The Morgan fingerprint density at radius 2 is 1.97 bits per heavy atom. The van der Waals surface area contributed by atoms with Crippen LogP contribution in [0.5, 0.6) is 0 Å². The van der Waals surface area contributed by atoms with Crippen molar-refractivity contribution < 1.29 is 4.79 Å². The number of carbonyl (C=O) groups is 1. The molecule has 146 valence electrons. The first kappa shape index (κ1) is 19.9. The number of aromatic nitrogens is 2. The van der Waals surface area contributed by atoms with Crippen LogP contribution in [0.4, 0.5) is 5.13 Å². The molecule has 0 N–H and O–H groups in total. The van der Waals surface area contributed by atoms with E-state index in [1.807, 2.05) is 66.9 Å². The molecule has 2 aromatic carbocycles. The number of pyridine rings is 1. The first-order valence-electron chi connectivity index (χ1n) is 9.01. The zero-order valence-corrected chi connectivity index (χ0v) is 18.1. The zero-order valence-electron chi connectivity index (χ0n) is 15.7. The van der Waals surface area contributed by atoms with Gasteiger partial charge in [0.05, 0.1) is 28.9 Å². The number of carbonyl (C=O) groups excluding carboxylic acids is 1. The minimum Gasteiger partial charge on any atom is -0.282 e. The predicted molar refractivity (Wildman–Crippen MR) is 122 cm³/mol. The van der Waals surface area contributed by atoms with Gasteiger partial charge in [0.2, 0.25) is 5.91 Å². The number of anilines is 1. The Morgan fingerprint density at radius 3 is 2.69 bits per heavy atom. The SMILES string of the molecule is CSc1ccc(CC(=O)N(Cc2ccccn2)c2nc3ccc(Cl)cc3s2)cc1. The number of hydrogen-bond acceptors (Lipinski definition) is 5. The van der Waals surface area contributed by atoms with Gasteiger partial charge >= 0.3 is 0 Å². The smallest absolute Gasteiger partial charge is 0.233 e. The Morgan fingerprint density at radius 1 is 1.14 bits per heavy atom. The van der Waals surface area contributed by atoms with Gasteiger partial charge in [-0.3, -0.25) is 14.7 Å². The van der Waals surface area contributed by atoms with Crippen molar-refractivity contribution in [3.63, 3.8) is 0 Å². The van der Waals surface area contributed by atoms with Crippen LogP contribution in [-0.2, 0) is 17.8 Å². The Kier molecular flexibility index (Phi) is 6.13. The monoisotopic (exact) mass is 439 g/mol. The first-order valence-corrected chi connectivity index (χ1v) is 11.4. The summed E-state index contributed by atoms with van der Waals surface area (Å²) in [5, 5.41) is 1.31. The molecule has 0 bridgehead atoms. The third-order valence-corrected chi connectivity index (χ3v) is 6.45. The molecule has 4 nitrogen and oxygen atoms in total. The highest BCUT2D eigenvalue weighted by atomic mass is 35.5. The molecule has 7 heteroatoms. The normalized spacial score (nSPS) is 11.0. The Hall–Kier alpha value is -2.41. The Labute approximate surface area is 182 Å². The van der Waals surface area contributed by atoms with Crippen molar-refractivity contribution in [2.24, 2.45) is 0 Å². The largest absolute Gasteiger partial charge is 0.282 e. The summed E-state index contributed by atoms with van der Waals surface area (Å²) in [6.07, 6.45) is 4.07. The average molecular weight is 440 g/mol. The molecule has 0 saturated carbocycles. The maximum absolute atomic E-state index is 13.2. The van der Waals surface area contributed by atoms with Crippen LogP contribution in [0.15, 0.2) is 71.8 Å². The van der Waals surface area contributed by atoms with Gasteiger partial charge in [0.15, 0.2) is 5.13 Å². The highest BCUT2D eigenvalue weighted by Crippen LogP contribution is 2.32. The summed E-state index contributed by atoms with van der Waals surface area (Å²) in [6, 6.07) is 19.3. The van der Waals surface area contributed by atoms with E-state index >= 15 is 0 Å². The van der Waals surface area contributed by atoms with Gasteiger partial charge in [0.1, 0.15) is 0 Å². The zero-order chi connectivity index (χ0) is 20.2. The van der Waals surface area contributed by atoms with E-state index in [9.17, 15) is 4.79 Å². The lowest BCUT2D eigenvalue weighted by Gasteiger charge is -2.19. The van der Waals surface area contributed by atoms with E-state index in [1.165, 1.54) is 16.2 Å². The van der Waals surface area contributed by atoms with Crippen LogP contribution in [0.2, 0.25) is 5.02 Å². The summed E-state index contributed by atoms with van der Waals surface area (Å²) >= 11 is 9.26. The molecule has 0 atom stereocenters. The van der Waals surface area contributed by atoms with E-state index in [-0.39, 0.29) is 5.91 Å². The van der Waals surface area contributed by atoms with Gasteiger partial charge in [-0.05, 0) is 54.3 Å². The summed E-state index contributed by atoms with van der Waals surface area (Å²) in [6.45, 7) is 0.371. The highest BCUT2D eigenvalue weighted by Gasteiger charge is 2.21. The van der Waals surface area contributed by atoms with E-state index in [0.717, 1.165) is 21.5 Å². The van der Waals surface area contributed by atoms with Gasteiger partial charge in [-0.15, -0.1) is 11.8 Å². The number of nitrogens with zero attached hydrogens (tertiary/aromatic N) is 3. The first-order chi connectivity index (χ1) is 14.1. The second-order valence-electron chi connectivity index (χ2n) is 6.43. The van der Waals surface area contributed by atoms with Crippen LogP contribution in [0.3, 0.4) is 0 Å². The van der Waals surface area contributed by atoms with Crippen molar-refractivity contribution in [1.82, 2.24) is 9.97 Å². The molecule has 0 saturated heterocycles. The van der Waals surface area contributed by atoms with Crippen LogP contribution in [0.1, 0.15) is 11.3 Å². The Balaban J connectivity index is 1.65.